The molecule has 2 heterocycles. The van der Waals surface area contributed by atoms with Crippen molar-refractivity contribution in [2.75, 3.05) is 25.0 Å². The average molecular weight is 282 g/mol. The second-order valence-electron chi connectivity index (χ2n) is 4.94. The first kappa shape index (κ1) is 13.6. The van der Waals surface area contributed by atoms with Gasteiger partial charge in [0.2, 0.25) is 0 Å². The number of hydrogen-bond acceptors (Lipinski definition) is 4. The molecule has 3 rings (SSSR count). The van der Waals surface area contributed by atoms with Crippen molar-refractivity contribution in [1.29, 1.82) is 0 Å². The van der Waals surface area contributed by atoms with Crippen molar-refractivity contribution < 1.29 is 4.79 Å². The minimum atomic E-state index is -0.168. The quantitative estimate of drug-likeness (QED) is 0.880. The van der Waals surface area contributed by atoms with Gasteiger partial charge in [-0.3, -0.25) is 9.78 Å². The van der Waals surface area contributed by atoms with E-state index in [0.717, 1.165) is 25.3 Å². The molecule has 0 fully saturated rings. The van der Waals surface area contributed by atoms with Crippen LogP contribution in [0.15, 0.2) is 42.6 Å². The number of para-hydroxylation sites is 1. The number of pyridine rings is 1. The van der Waals surface area contributed by atoms with Crippen LogP contribution in [0.4, 0.5) is 11.4 Å². The molecule has 0 aliphatic carbocycles. The van der Waals surface area contributed by atoms with Gasteiger partial charge in [0.1, 0.15) is 5.69 Å². The Hall–Kier alpha value is -2.40. The van der Waals surface area contributed by atoms with E-state index >= 15 is 0 Å². The summed E-state index contributed by atoms with van der Waals surface area (Å²) in [5, 5.41) is 6.03. The molecule has 108 valence electrons. The van der Waals surface area contributed by atoms with Crippen LogP contribution in [0.25, 0.3) is 0 Å². The van der Waals surface area contributed by atoms with Crippen LogP contribution in [0.2, 0.25) is 0 Å². The van der Waals surface area contributed by atoms with Crippen LogP contribution in [0, 0.1) is 0 Å². The van der Waals surface area contributed by atoms with Gasteiger partial charge in [0.05, 0.1) is 0 Å². The molecule has 1 aliphatic heterocycles. The molecule has 2 aromatic rings. The number of anilines is 2. The van der Waals surface area contributed by atoms with Crippen molar-refractivity contribution in [1.82, 2.24) is 15.6 Å². The smallest absolute Gasteiger partial charge is 0.269 e. The lowest BCUT2D eigenvalue weighted by Gasteiger charge is -2.24. The third-order valence-electron chi connectivity index (χ3n) is 3.62. The minimum absolute atomic E-state index is 0.168. The topological polar surface area (TPSA) is 57.3 Å². The van der Waals surface area contributed by atoms with Gasteiger partial charge < -0.3 is 15.5 Å². The normalized spacial score (nSPS) is 14.2. The molecule has 1 amide bonds. The number of nitrogens with one attached hydrogen (secondary N) is 2. The number of amides is 1. The van der Waals surface area contributed by atoms with Crippen molar-refractivity contribution in [3.8, 4) is 0 Å². The number of carbonyl (C=O) groups is 1. The number of rotatable bonds is 2. The Morgan fingerprint density at radius 3 is 3.05 bits per heavy atom. The molecule has 0 saturated carbocycles. The second-order valence-corrected chi connectivity index (χ2v) is 4.94. The van der Waals surface area contributed by atoms with Gasteiger partial charge in [-0.15, -0.1) is 0 Å². The van der Waals surface area contributed by atoms with Gasteiger partial charge in [-0.25, -0.2) is 0 Å². The molecule has 21 heavy (non-hydrogen) atoms. The molecule has 5 nitrogen and oxygen atoms in total. The largest absolute Gasteiger partial charge is 0.354 e. The highest BCUT2D eigenvalue weighted by Crippen LogP contribution is 2.29. The van der Waals surface area contributed by atoms with Crippen LogP contribution in [0.3, 0.4) is 0 Å². The Bertz CT molecular complexity index is 656. The molecule has 0 saturated heterocycles. The lowest BCUT2D eigenvalue weighted by molar-refractivity contribution is 0.0958. The molecule has 0 spiro atoms. The van der Waals surface area contributed by atoms with Crippen LogP contribution >= 0.6 is 0 Å². The Morgan fingerprint density at radius 2 is 2.19 bits per heavy atom. The molecule has 0 unspecified atom stereocenters. The molecule has 0 bridgehead atoms. The summed E-state index contributed by atoms with van der Waals surface area (Å²) < 4.78 is 0. The number of aromatic nitrogens is 1. The first-order valence-electron chi connectivity index (χ1n) is 7.04. The van der Waals surface area contributed by atoms with E-state index < -0.39 is 0 Å². The van der Waals surface area contributed by atoms with Gasteiger partial charge in [0.15, 0.2) is 0 Å². The van der Waals surface area contributed by atoms with E-state index in [1.165, 1.54) is 11.3 Å². The molecule has 1 aromatic carbocycles. The standard InChI is InChI=1S/C16H18N4O/c1-17-16(21)14-10-13(6-7-19-14)20-9-8-18-11-12-4-2-3-5-15(12)20/h2-7,10,18H,8-9,11H2,1H3,(H,17,21). The van der Waals surface area contributed by atoms with Crippen molar-refractivity contribution in [3.05, 3.63) is 53.9 Å². The van der Waals surface area contributed by atoms with E-state index in [4.69, 9.17) is 0 Å². The van der Waals surface area contributed by atoms with Gasteiger partial charge in [-0.2, -0.15) is 0 Å². The summed E-state index contributed by atoms with van der Waals surface area (Å²) in [6.45, 7) is 2.61. The first-order valence-corrected chi connectivity index (χ1v) is 7.04. The number of carbonyl (C=O) groups excluding carboxylic acids is 1. The molecule has 1 aromatic heterocycles. The Labute approximate surface area is 124 Å². The monoisotopic (exact) mass is 282 g/mol. The number of benzene rings is 1. The lowest BCUT2D eigenvalue weighted by Crippen LogP contribution is -2.25. The summed E-state index contributed by atoms with van der Waals surface area (Å²) in [6, 6.07) is 12.1. The first-order chi connectivity index (χ1) is 10.3. The Balaban J connectivity index is 2.02. The third-order valence-corrected chi connectivity index (χ3v) is 3.62. The number of hydrogen-bond donors (Lipinski definition) is 2. The molecular formula is C16H18N4O. The van der Waals surface area contributed by atoms with Crippen LogP contribution in [-0.2, 0) is 6.54 Å². The summed E-state index contributed by atoms with van der Waals surface area (Å²) >= 11 is 0. The maximum absolute atomic E-state index is 11.8. The predicted octanol–water partition coefficient (Wildman–Crippen LogP) is 1.68. The molecule has 2 N–H and O–H groups in total. The van der Waals surface area contributed by atoms with Gasteiger partial charge >= 0.3 is 0 Å². The summed E-state index contributed by atoms with van der Waals surface area (Å²) in [5.41, 5.74) is 3.86. The van der Waals surface area contributed by atoms with Crippen molar-refractivity contribution in [3.63, 3.8) is 0 Å². The summed E-state index contributed by atoms with van der Waals surface area (Å²) in [4.78, 5) is 18.1. The zero-order valence-corrected chi connectivity index (χ0v) is 12.0. The van der Waals surface area contributed by atoms with E-state index in [1.807, 2.05) is 24.3 Å². The molecule has 0 atom stereocenters. The molecule has 0 radical (unpaired) electrons. The average Bonchev–Trinajstić information content (AvgIpc) is 2.76. The highest BCUT2D eigenvalue weighted by Gasteiger charge is 2.17. The maximum atomic E-state index is 11.8. The second kappa shape index (κ2) is 5.93. The van der Waals surface area contributed by atoms with Crippen LogP contribution in [0.1, 0.15) is 16.1 Å². The fourth-order valence-corrected chi connectivity index (χ4v) is 2.57. The Morgan fingerprint density at radius 1 is 1.33 bits per heavy atom. The van der Waals surface area contributed by atoms with Crippen LogP contribution in [-0.4, -0.2) is 31.0 Å². The molecule has 1 aliphatic rings. The highest BCUT2D eigenvalue weighted by atomic mass is 16.1. The van der Waals surface area contributed by atoms with E-state index in [2.05, 4.69) is 32.7 Å². The molecule has 5 heteroatoms. The summed E-state index contributed by atoms with van der Waals surface area (Å²) in [7, 11) is 1.61. The maximum Gasteiger partial charge on any atom is 0.269 e. The fourth-order valence-electron chi connectivity index (χ4n) is 2.57. The van der Waals surface area contributed by atoms with Crippen LogP contribution < -0.4 is 15.5 Å². The summed E-state index contributed by atoms with van der Waals surface area (Å²) in [5.74, 6) is -0.168. The van der Waals surface area contributed by atoms with Gasteiger partial charge in [-0.05, 0) is 23.8 Å². The van der Waals surface area contributed by atoms with Crippen molar-refractivity contribution in [2.45, 2.75) is 6.54 Å². The number of nitrogens with zero attached hydrogens (tertiary/aromatic N) is 2. The van der Waals surface area contributed by atoms with E-state index in [1.54, 1.807) is 13.2 Å². The Kier molecular flexibility index (Phi) is 3.83. The summed E-state index contributed by atoms with van der Waals surface area (Å²) in [6.07, 6.45) is 1.68. The van der Waals surface area contributed by atoms with E-state index in [-0.39, 0.29) is 5.91 Å². The number of fused-ring (bicyclic) bond motifs is 1. The van der Waals surface area contributed by atoms with E-state index in [9.17, 15) is 4.79 Å². The highest BCUT2D eigenvalue weighted by molar-refractivity contribution is 5.93. The third kappa shape index (κ3) is 2.73. The lowest BCUT2D eigenvalue weighted by atomic mass is 10.1. The van der Waals surface area contributed by atoms with E-state index in [0.29, 0.717) is 5.69 Å². The fraction of sp³-hybridized carbons (Fsp3) is 0.250. The van der Waals surface area contributed by atoms with Crippen LogP contribution in [0.5, 0.6) is 0 Å². The van der Waals surface area contributed by atoms with Gasteiger partial charge in [0, 0.05) is 44.3 Å². The SMILES string of the molecule is CNC(=O)c1cc(N2CCNCc3ccccc32)ccn1. The zero-order chi connectivity index (χ0) is 14.7. The van der Waals surface area contributed by atoms with Gasteiger partial charge in [-0.1, -0.05) is 18.2 Å². The minimum Gasteiger partial charge on any atom is -0.354 e. The predicted molar refractivity (Wildman–Crippen MR) is 82.8 cm³/mol. The zero-order valence-electron chi connectivity index (χ0n) is 12.0. The molecular weight excluding hydrogens is 264 g/mol. The van der Waals surface area contributed by atoms with Crippen molar-refractivity contribution >= 4 is 17.3 Å². The van der Waals surface area contributed by atoms with Gasteiger partial charge in [0.25, 0.3) is 5.91 Å². The van der Waals surface area contributed by atoms with Crippen molar-refractivity contribution in [2.24, 2.45) is 0 Å².